The second-order valence-electron chi connectivity index (χ2n) is 3.90. The molecule has 0 aromatic carbocycles. The Balaban J connectivity index is 1.75. The number of hydrogen-bond acceptors (Lipinski definition) is 5. The van der Waals surface area contributed by atoms with Gasteiger partial charge in [-0.25, -0.2) is 4.98 Å². The first-order valence-electron chi connectivity index (χ1n) is 5.03. The molecule has 1 atom stereocenters. The second kappa shape index (κ2) is 4.70. The van der Waals surface area contributed by atoms with Crippen LogP contribution in [0.3, 0.4) is 0 Å². The fraction of sp³-hybridized carbons (Fsp3) is 0.778. The number of piperidine rings is 1. The van der Waals surface area contributed by atoms with Gasteiger partial charge >= 0.3 is 0 Å². The number of anilines is 1. The van der Waals surface area contributed by atoms with Crippen LogP contribution in [0.15, 0.2) is 6.33 Å². The molecule has 78 valence electrons. The van der Waals surface area contributed by atoms with Crippen molar-refractivity contribution in [2.45, 2.75) is 12.8 Å². The van der Waals surface area contributed by atoms with E-state index in [4.69, 9.17) is 0 Å². The highest BCUT2D eigenvalue weighted by Gasteiger charge is 2.16. The molecule has 4 nitrogen and oxygen atoms in total. The molecule has 0 aliphatic carbocycles. The maximum absolute atomic E-state index is 4.10. The zero-order valence-electron chi connectivity index (χ0n) is 8.44. The predicted molar refractivity (Wildman–Crippen MR) is 58.6 cm³/mol. The Morgan fingerprint density at radius 2 is 2.64 bits per heavy atom. The van der Waals surface area contributed by atoms with Gasteiger partial charge < -0.3 is 10.2 Å². The molecule has 1 N–H and O–H groups in total. The Morgan fingerprint density at radius 1 is 1.71 bits per heavy atom. The SMILES string of the molecule is CN1CCCC(CNc2ncns2)C1. The number of nitrogens with zero attached hydrogens (tertiary/aromatic N) is 3. The number of rotatable bonds is 3. The van der Waals surface area contributed by atoms with Crippen LogP contribution < -0.4 is 5.32 Å². The molecule has 0 amide bonds. The summed E-state index contributed by atoms with van der Waals surface area (Å²) in [4.78, 5) is 6.50. The normalized spacial score (nSPS) is 23.6. The maximum Gasteiger partial charge on any atom is 0.202 e. The first-order chi connectivity index (χ1) is 6.84. The van der Waals surface area contributed by atoms with E-state index >= 15 is 0 Å². The summed E-state index contributed by atoms with van der Waals surface area (Å²) < 4.78 is 3.96. The van der Waals surface area contributed by atoms with Crippen LogP contribution >= 0.6 is 11.5 Å². The van der Waals surface area contributed by atoms with Gasteiger partial charge in [-0.2, -0.15) is 4.37 Å². The van der Waals surface area contributed by atoms with Crippen molar-refractivity contribution < 1.29 is 0 Å². The van der Waals surface area contributed by atoms with E-state index < -0.39 is 0 Å². The molecule has 1 aliphatic rings. The molecule has 1 aliphatic heterocycles. The summed E-state index contributed by atoms with van der Waals surface area (Å²) in [6.45, 7) is 3.47. The van der Waals surface area contributed by atoms with E-state index in [1.807, 2.05) is 0 Å². The standard InChI is InChI=1S/C9H16N4S/c1-13-4-2-3-8(6-13)5-10-9-11-7-12-14-9/h7-8H,2-6H2,1H3,(H,10,11,12). The highest BCUT2D eigenvalue weighted by Crippen LogP contribution is 2.16. The van der Waals surface area contributed by atoms with Gasteiger partial charge in [0.1, 0.15) is 6.33 Å². The lowest BCUT2D eigenvalue weighted by Crippen LogP contribution is -2.35. The van der Waals surface area contributed by atoms with E-state index in [1.165, 1.54) is 37.5 Å². The molecule has 0 bridgehead atoms. The largest absolute Gasteiger partial charge is 0.360 e. The second-order valence-corrected chi connectivity index (χ2v) is 4.68. The fourth-order valence-corrected chi connectivity index (χ4v) is 2.36. The molecule has 5 heteroatoms. The van der Waals surface area contributed by atoms with Crippen molar-refractivity contribution in [3.8, 4) is 0 Å². The van der Waals surface area contributed by atoms with Crippen LogP contribution in [-0.2, 0) is 0 Å². The third kappa shape index (κ3) is 2.65. The van der Waals surface area contributed by atoms with Crippen LogP contribution in [0.4, 0.5) is 5.13 Å². The fourth-order valence-electron chi connectivity index (χ4n) is 1.92. The van der Waals surface area contributed by atoms with Crippen molar-refractivity contribution >= 4 is 16.7 Å². The molecular formula is C9H16N4S. The van der Waals surface area contributed by atoms with Crippen molar-refractivity contribution in [2.75, 3.05) is 32.0 Å². The summed E-state index contributed by atoms with van der Waals surface area (Å²) >= 11 is 1.43. The van der Waals surface area contributed by atoms with Crippen LogP contribution in [0.5, 0.6) is 0 Å². The Morgan fingerprint density at radius 3 is 3.36 bits per heavy atom. The van der Waals surface area contributed by atoms with E-state index in [0.29, 0.717) is 0 Å². The number of nitrogens with one attached hydrogen (secondary N) is 1. The molecule has 2 rings (SSSR count). The van der Waals surface area contributed by atoms with Crippen molar-refractivity contribution in [1.29, 1.82) is 0 Å². The third-order valence-electron chi connectivity index (χ3n) is 2.63. The smallest absolute Gasteiger partial charge is 0.202 e. The van der Waals surface area contributed by atoms with Gasteiger partial charge in [-0.1, -0.05) is 0 Å². The van der Waals surface area contributed by atoms with E-state index in [-0.39, 0.29) is 0 Å². The van der Waals surface area contributed by atoms with Crippen LogP contribution in [0.1, 0.15) is 12.8 Å². The lowest BCUT2D eigenvalue weighted by atomic mass is 9.99. The molecule has 1 unspecified atom stereocenters. The summed E-state index contributed by atoms with van der Waals surface area (Å²) in [6.07, 6.45) is 4.25. The minimum Gasteiger partial charge on any atom is -0.360 e. The van der Waals surface area contributed by atoms with Crippen molar-refractivity contribution in [1.82, 2.24) is 14.3 Å². The lowest BCUT2D eigenvalue weighted by molar-refractivity contribution is 0.217. The van der Waals surface area contributed by atoms with Gasteiger partial charge in [-0.3, -0.25) is 0 Å². The Kier molecular flexibility index (Phi) is 3.31. The molecule has 2 heterocycles. The zero-order chi connectivity index (χ0) is 9.80. The average molecular weight is 212 g/mol. The average Bonchev–Trinajstić information content (AvgIpc) is 2.67. The van der Waals surface area contributed by atoms with Gasteiger partial charge in [-0.05, 0) is 32.4 Å². The molecule has 0 radical (unpaired) electrons. The van der Waals surface area contributed by atoms with Crippen LogP contribution in [0.25, 0.3) is 0 Å². The zero-order valence-corrected chi connectivity index (χ0v) is 9.26. The Hall–Kier alpha value is -0.680. The minimum atomic E-state index is 0.762. The summed E-state index contributed by atoms with van der Waals surface area (Å²) in [5.74, 6) is 0.762. The van der Waals surface area contributed by atoms with Crippen LogP contribution in [0, 0.1) is 5.92 Å². The molecule has 1 saturated heterocycles. The van der Waals surface area contributed by atoms with E-state index in [2.05, 4.69) is 26.6 Å². The molecule has 0 saturated carbocycles. The molecule has 1 fully saturated rings. The summed E-state index contributed by atoms with van der Waals surface area (Å²) in [6, 6.07) is 0. The van der Waals surface area contributed by atoms with Gasteiger partial charge in [0, 0.05) is 24.6 Å². The molecule has 0 spiro atoms. The van der Waals surface area contributed by atoms with E-state index in [9.17, 15) is 0 Å². The quantitative estimate of drug-likeness (QED) is 0.820. The van der Waals surface area contributed by atoms with Crippen molar-refractivity contribution in [2.24, 2.45) is 5.92 Å². The Labute approximate surface area is 88.5 Å². The highest BCUT2D eigenvalue weighted by molar-refractivity contribution is 7.09. The highest BCUT2D eigenvalue weighted by atomic mass is 32.1. The van der Waals surface area contributed by atoms with Crippen LogP contribution in [-0.4, -0.2) is 40.9 Å². The van der Waals surface area contributed by atoms with Gasteiger partial charge in [0.2, 0.25) is 5.13 Å². The molecular weight excluding hydrogens is 196 g/mol. The first-order valence-corrected chi connectivity index (χ1v) is 5.81. The van der Waals surface area contributed by atoms with E-state index in [0.717, 1.165) is 17.6 Å². The number of aromatic nitrogens is 2. The summed E-state index contributed by atoms with van der Waals surface area (Å²) in [5.41, 5.74) is 0. The van der Waals surface area contributed by atoms with Crippen molar-refractivity contribution in [3.05, 3.63) is 6.33 Å². The topological polar surface area (TPSA) is 41.0 Å². The summed E-state index contributed by atoms with van der Waals surface area (Å²) in [5, 5.41) is 4.28. The van der Waals surface area contributed by atoms with Crippen LogP contribution in [0.2, 0.25) is 0 Å². The lowest BCUT2D eigenvalue weighted by Gasteiger charge is -2.29. The minimum absolute atomic E-state index is 0.762. The monoisotopic (exact) mass is 212 g/mol. The third-order valence-corrected chi connectivity index (χ3v) is 3.25. The van der Waals surface area contributed by atoms with E-state index in [1.54, 1.807) is 6.33 Å². The van der Waals surface area contributed by atoms with Gasteiger partial charge in [0.25, 0.3) is 0 Å². The molecule has 14 heavy (non-hydrogen) atoms. The molecule has 1 aromatic rings. The van der Waals surface area contributed by atoms with Gasteiger partial charge in [-0.15, -0.1) is 0 Å². The summed E-state index contributed by atoms with van der Waals surface area (Å²) in [7, 11) is 2.19. The molecule has 1 aromatic heterocycles. The number of likely N-dealkylation sites (tertiary alicyclic amines) is 1. The van der Waals surface area contributed by atoms with Crippen molar-refractivity contribution in [3.63, 3.8) is 0 Å². The maximum atomic E-state index is 4.10. The number of hydrogen-bond donors (Lipinski definition) is 1. The van der Waals surface area contributed by atoms with Gasteiger partial charge in [0.15, 0.2) is 0 Å². The van der Waals surface area contributed by atoms with Gasteiger partial charge in [0.05, 0.1) is 0 Å². The predicted octanol–water partition coefficient (Wildman–Crippen LogP) is 1.29. The Bertz CT molecular complexity index is 262. The first kappa shape index (κ1) is 9.86.